The summed E-state index contributed by atoms with van der Waals surface area (Å²) in [5.41, 5.74) is -2.11. The van der Waals surface area contributed by atoms with Gasteiger partial charge in [-0.25, -0.2) is 35.1 Å². The third-order valence-corrected chi connectivity index (χ3v) is 4.46. The molecule has 28 heavy (non-hydrogen) atoms. The summed E-state index contributed by atoms with van der Waals surface area (Å²) in [4.78, 5) is 0. The molecular formula is C20H6F8. The molecule has 0 nitrogen and oxygen atoms in total. The lowest BCUT2D eigenvalue weighted by molar-refractivity contribution is 0.446. The average Bonchev–Trinajstić information content (AvgIpc) is 2.66. The molecule has 4 aromatic rings. The summed E-state index contributed by atoms with van der Waals surface area (Å²) in [5.74, 6) is -14.5. The second kappa shape index (κ2) is 6.19. The summed E-state index contributed by atoms with van der Waals surface area (Å²) >= 11 is 0. The Morgan fingerprint density at radius 3 is 1.11 bits per heavy atom. The van der Waals surface area contributed by atoms with E-state index in [2.05, 4.69) is 0 Å². The standard InChI is InChI=1S/C20H6F8/c21-9-5-1-3-7-11(9)15(23)19(27)17(25)13(7)14-8-4-2-6-10(22)12(8)16(24)20(28)18(14)26/h1-6H. The molecule has 0 aliphatic carbocycles. The first-order valence-electron chi connectivity index (χ1n) is 7.75. The molecule has 0 aliphatic heterocycles. The van der Waals surface area contributed by atoms with Crippen LogP contribution in [0.1, 0.15) is 0 Å². The van der Waals surface area contributed by atoms with Crippen LogP contribution in [0, 0.1) is 46.5 Å². The Morgan fingerprint density at radius 1 is 0.393 bits per heavy atom. The van der Waals surface area contributed by atoms with Crippen molar-refractivity contribution in [1.29, 1.82) is 0 Å². The molecule has 0 heterocycles. The summed E-state index contributed by atoms with van der Waals surface area (Å²) in [6.45, 7) is 0. The lowest BCUT2D eigenvalue weighted by Gasteiger charge is -2.15. The van der Waals surface area contributed by atoms with Gasteiger partial charge in [0.25, 0.3) is 0 Å². The Bertz CT molecular complexity index is 1190. The van der Waals surface area contributed by atoms with Crippen LogP contribution in [0.3, 0.4) is 0 Å². The largest absolute Gasteiger partial charge is 0.206 e. The van der Waals surface area contributed by atoms with Gasteiger partial charge in [0.15, 0.2) is 34.9 Å². The molecule has 0 saturated carbocycles. The van der Waals surface area contributed by atoms with Gasteiger partial charge in [0.1, 0.15) is 11.6 Å². The first kappa shape index (κ1) is 18.2. The summed E-state index contributed by atoms with van der Waals surface area (Å²) in [5, 5.41) is -3.28. The zero-order chi connectivity index (χ0) is 20.3. The zero-order valence-electron chi connectivity index (χ0n) is 13.5. The Labute approximate surface area is 151 Å². The SMILES string of the molecule is Fc1c(F)c(F)c2c(F)cccc2c1-c1c(F)c(F)c(F)c2c(F)cccc12. The van der Waals surface area contributed by atoms with Crippen molar-refractivity contribution in [2.45, 2.75) is 0 Å². The first-order valence-corrected chi connectivity index (χ1v) is 7.75. The van der Waals surface area contributed by atoms with Crippen LogP contribution in [0.4, 0.5) is 35.1 Å². The first-order chi connectivity index (χ1) is 13.3. The van der Waals surface area contributed by atoms with E-state index in [0.717, 1.165) is 36.4 Å². The van der Waals surface area contributed by atoms with Crippen LogP contribution >= 0.6 is 0 Å². The molecule has 0 aromatic heterocycles. The van der Waals surface area contributed by atoms with Crippen LogP contribution < -0.4 is 0 Å². The normalized spacial score (nSPS) is 11.6. The third-order valence-electron chi connectivity index (χ3n) is 4.46. The number of hydrogen-bond acceptors (Lipinski definition) is 0. The van der Waals surface area contributed by atoms with Crippen molar-refractivity contribution in [3.05, 3.63) is 82.9 Å². The highest BCUT2D eigenvalue weighted by atomic mass is 19.2. The summed E-state index contributed by atoms with van der Waals surface area (Å²) in [6, 6.07) is 5.44. The second-order valence-electron chi connectivity index (χ2n) is 5.96. The molecule has 4 aromatic carbocycles. The highest BCUT2D eigenvalue weighted by molar-refractivity contribution is 6.06. The van der Waals surface area contributed by atoms with Crippen molar-refractivity contribution in [1.82, 2.24) is 0 Å². The summed E-state index contributed by atoms with van der Waals surface area (Å²) in [7, 11) is 0. The maximum atomic E-state index is 14.6. The molecule has 0 unspecified atom stereocenters. The van der Waals surface area contributed by atoms with Crippen LogP contribution in [-0.4, -0.2) is 0 Å². The molecule has 0 radical (unpaired) electrons. The molecule has 0 aliphatic rings. The van der Waals surface area contributed by atoms with Crippen LogP contribution in [0.5, 0.6) is 0 Å². The third kappa shape index (κ3) is 2.30. The van der Waals surface area contributed by atoms with Gasteiger partial charge in [0, 0.05) is 11.1 Å². The van der Waals surface area contributed by atoms with Gasteiger partial charge >= 0.3 is 0 Å². The van der Waals surface area contributed by atoms with E-state index < -0.39 is 79.2 Å². The monoisotopic (exact) mass is 398 g/mol. The van der Waals surface area contributed by atoms with Crippen molar-refractivity contribution in [2.24, 2.45) is 0 Å². The lowest BCUT2D eigenvalue weighted by atomic mass is 9.91. The number of fused-ring (bicyclic) bond motifs is 2. The van der Waals surface area contributed by atoms with Crippen LogP contribution in [0.15, 0.2) is 36.4 Å². The van der Waals surface area contributed by atoms with Crippen LogP contribution in [0.2, 0.25) is 0 Å². The second-order valence-corrected chi connectivity index (χ2v) is 5.96. The smallest absolute Gasteiger partial charge is 0.195 e. The van der Waals surface area contributed by atoms with Gasteiger partial charge in [-0.3, -0.25) is 0 Å². The van der Waals surface area contributed by atoms with E-state index in [1.807, 2.05) is 0 Å². The van der Waals surface area contributed by atoms with E-state index in [1.54, 1.807) is 0 Å². The topological polar surface area (TPSA) is 0 Å². The summed E-state index contributed by atoms with van der Waals surface area (Å²) < 4.78 is 114. The molecule has 8 heteroatoms. The van der Waals surface area contributed by atoms with Crippen molar-refractivity contribution in [2.75, 3.05) is 0 Å². The van der Waals surface area contributed by atoms with E-state index in [1.165, 1.54) is 0 Å². The van der Waals surface area contributed by atoms with Crippen molar-refractivity contribution >= 4 is 21.5 Å². The minimum absolute atomic E-state index is 0.633. The van der Waals surface area contributed by atoms with E-state index >= 15 is 0 Å². The Hall–Kier alpha value is -3.16. The van der Waals surface area contributed by atoms with Crippen LogP contribution in [-0.2, 0) is 0 Å². The van der Waals surface area contributed by atoms with E-state index in [9.17, 15) is 35.1 Å². The van der Waals surface area contributed by atoms with Gasteiger partial charge in [-0.2, -0.15) is 0 Å². The van der Waals surface area contributed by atoms with Gasteiger partial charge in [-0.1, -0.05) is 24.3 Å². The highest BCUT2D eigenvalue weighted by Gasteiger charge is 2.29. The molecule has 0 bridgehead atoms. The van der Waals surface area contributed by atoms with Gasteiger partial charge < -0.3 is 0 Å². The van der Waals surface area contributed by atoms with Crippen molar-refractivity contribution in [3.8, 4) is 11.1 Å². The molecule has 0 amide bonds. The van der Waals surface area contributed by atoms with Gasteiger partial charge in [0.05, 0.1) is 10.8 Å². The highest BCUT2D eigenvalue weighted by Crippen LogP contribution is 2.42. The fourth-order valence-corrected chi connectivity index (χ4v) is 3.27. The molecule has 0 fully saturated rings. The molecular weight excluding hydrogens is 392 g/mol. The van der Waals surface area contributed by atoms with E-state index in [4.69, 9.17) is 0 Å². The quantitative estimate of drug-likeness (QED) is 0.245. The molecule has 4 rings (SSSR count). The minimum Gasteiger partial charge on any atom is -0.206 e. The Kier molecular flexibility index (Phi) is 4.02. The predicted octanol–water partition coefficient (Wildman–Crippen LogP) is 6.77. The van der Waals surface area contributed by atoms with Crippen molar-refractivity contribution in [3.63, 3.8) is 0 Å². The number of benzene rings is 4. The molecule has 142 valence electrons. The predicted molar refractivity (Wildman–Crippen MR) is 86.6 cm³/mol. The molecule has 0 saturated heterocycles. The van der Waals surface area contributed by atoms with E-state index in [-0.39, 0.29) is 0 Å². The van der Waals surface area contributed by atoms with Gasteiger partial charge in [-0.05, 0) is 22.9 Å². The lowest BCUT2D eigenvalue weighted by Crippen LogP contribution is -2.04. The maximum absolute atomic E-state index is 14.6. The number of rotatable bonds is 1. The minimum atomic E-state index is -2.14. The molecule has 0 atom stereocenters. The summed E-state index contributed by atoms with van der Waals surface area (Å²) in [6.07, 6.45) is 0. The number of halogens is 8. The Balaban J connectivity index is 2.34. The van der Waals surface area contributed by atoms with Crippen LogP contribution in [0.25, 0.3) is 32.7 Å². The maximum Gasteiger partial charge on any atom is 0.195 e. The number of hydrogen-bond donors (Lipinski definition) is 0. The van der Waals surface area contributed by atoms with Crippen molar-refractivity contribution < 1.29 is 35.1 Å². The molecule has 0 spiro atoms. The fraction of sp³-hybridized carbons (Fsp3) is 0. The fourth-order valence-electron chi connectivity index (χ4n) is 3.27. The average molecular weight is 398 g/mol. The zero-order valence-corrected chi connectivity index (χ0v) is 13.5. The van der Waals surface area contributed by atoms with Gasteiger partial charge in [0.2, 0.25) is 0 Å². The van der Waals surface area contributed by atoms with E-state index in [0.29, 0.717) is 0 Å². The Morgan fingerprint density at radius 2 is 0.750 bits per heavy atom. The van der Waals surface area contributed by atoms with Gasteiger partial charge in [-0.15, -0.1) is 0 Å². The molecule has 0 N–H and O–H groups in total.